The molecule has 4 aromatic rings. The first-order chi connectivity index (χ1) is 15.0. The summed E-state index contributed by atoms with van der Waals surface area (Å²) in [4.78, 5) is 37.7. The molecule has 0 saturated heterocycles. The second-order valence-electron chi connectivity index (χ2n) is 7.42. The third-order valence-corrected chi connectivity index (χ3v) is 5.66. The highest BCUT2D eigenvalue weighted by atomic mass is 16.5. The molecule has 5 rings (SSSR count). The number of rotatable bonds is 5. The van der Waals surface area contributed by atoms with E-state index in [1.54, 1.807) is 6.20 Å². The van der Waals surface area contributed by atoms with Crippen LogP contribution in [0.15, 0.2) is 39.9 Å². The van der Waals surface area contributed by atoms with Gasteiger partial charge in [-0.1, -0.05) is 0 Å². The SMILES string of the molecule is COc1c(C(=O)O)nc(-c2nc3ccc(-c4ncco4)cc3n2C2CCC2)n(C)c1=O. The zero-order valence-corrected chi connectivity index (χ0v) is 16.9. The molecule has 1 aromatic carbocycles. The van der Waals surface area contributed by atoms with E-state index in [4.69, 9.17) is 14.1 Å². The van der Waals surface area contributed by atoms with Gasteiger partial charge < -0.3 is 18.8 Å². The van der Waals surface area contributed by atoms with Crippen molar-refractivity contribution in [1.29, 1.82) is 0 Å². The van der Waals surface area contributed by atoms with Crippen LogP contribution in [0, 0.1) is 0 Å². The van der Waals surface area contributed by atoms with Crippen LogP contribution in [0.5, 0.6) is 5.75 Å². The second-order valence-corrected chi connectivity index (χ2v) is 7.42. The first kappa shape index (κ1) is 19.0. The maximum atomic E-state index is 12.8. The number of aromatic carboxylic acids is 1. The van der Waals surface area contributed by atoms with Crippen LogP contribution in [0.3, 0.4) is 0 Å². The molecule has 31 heavy (non-hydrogen) atoms. The molecule has 3 aromatic heterocycles. The van der Waals surface area contributed by atoms with Gasteiger partial charge in [0.2, 0.25) is 11.6 Å². The molecule has 10 nitrogen and oxygen atoms in total. The van der Waals surface area contributed by atoms with E-state index in [2.05, 4.69) is 9.97 Å². The van der Waals surface area contributed by atoms with Crippen LogP contribution >= 0.6 is 0 Å². The molecule has 0 bridgehead atoms. The van der Waals surface area contributed by atoms with Crippen molar-refractivity contribution in [3.05, 3.63) is 46.7 Å². The van der Waals surface area contributed by atoms with Gasteiger partial charge in [-0.05, 0) is 37.5 Å². The van der Waals surface area contributed by atoms with Gasteiger partial charge in [0.1, 0.15) is 6.26 Å². The highest BCUT2D eigenvalue weighted by Gasteiger charge is 2.29. The average Bonchev–Trinajstić information content (AvgIpc) is 3.37. The van der Waals surface area contributed by atoms with Crippen molar-refractivity contribution in [2.24, 2.45) is 7.05 Å². The van der Waals surface area contributed by atoms with E-state index < -0.39 is 17.2 Å². The van der Waals surface area contributed by atoms with Crippen LogP contribution in [0.1, 0.15) is 35.8 Å². The number of carbonyl (C=O) groups is 1. The summed E-state index contributed by atoms with van der Waals surface area (Å²) in [5.41, 5.74) is 1.33. The molecule has 0 amide bonds. The smallest absolute Gasteiger partial charge is 0.358 e. The van der Waals surface area contributed by atoms with E-state index in [0.717, 1.165) is 30.3 Å². The summed E-state index contributed by atoms with van der Waals surface area (Å²) in [7, 11) is 2.78. The zero-order chi connectivity index (χ0) is 21.7. The number of hydrogen-bond donors (Lipinski definition) is 1. The van der Waals surface area contributed by atoms with Crippen LogP contribution in [0.25, 0.3) is 34.1 Å². The Morgan fingerprint density at radius 2 is 2.06 bits per heavy atom. The zero-order valence-electron chi connectivity index (χ0n) is 16.9. The minimum atomic E-state index is -1.34. The molecule has 10 heteroatoms. The molecule has 0 atom stereocenters. The van der Waals surface area contributed by atoms with Crippen molar-refractivity contribution in [3.63, 3.8) is 0 Å². The van der Waals surface area contributed by atoms with Gasteiger partial charge in [-0.2, -0.15) is 0 Å². The summed E-state index contributed by atoms with van der Waals surface area (Å²) in [6, 6.07) is 5.83. The van der Waals surface area contributed by atoms with E-state index in [1.165, 1.54) is 25.0 Å². The summed E-state index contributed by atoms with van der Waals surface area (Å²) in [6.45, 7) is 0. The lowest BCUT2D eigenvalue weighted by molar-refractivity contribution is 0.0686. The third-order valence-electron chi connectivity index (χ3n) is 5.66. The molecule has 3 heterocycles. The first-order valence-corrected chi connectivity index (χ1v) is 9.80. The number of imidazole rings is 1. The summed E-state index contributed by atoms with van der Waals surface area (Å²) < 4.78 is 13.7. The van der Waals surface area contributed by atoms with Gasteiger partial charge in [0.15, 0.2) is 17.3 Å². The number of hydrogen-bond acceptors (Lipinski definition) is 7. The monoisotopic (exact) mass is 421 g/mol. The van der Waals surface area contributed by atoms with E-state index in [9.17, 15) is 14.7 Å². The Bertz CT molecular complexity index is 1370. The fourth-order valence-electron chi connectivity index (χ4n) is 3.87. The fourth-order valence-corrected chi connectivity index (χ4v) is 3.87. The molecule has 0 radical (unpaired) electrons. The van der Waals surface area contributed by atoms with Crippen LogP contribution in [-0.4, -0.2) is 42.3 Å². The average molecular weight is 421 g/mol. The Kier molecular flexibility index (Phi) is 4.35. The topological polar surface area (TPSA) is 125 Å². The first-order valence-electron chi connectivity index (χ1n) is 9.80. The summed E-state index contributed by atoms with van der Waals surface area (Å²) >= 11 is 0. The van der Waals surface area contributed by atoms with E-state index in [1.807, 2.05) is 22.8 Å². The lowest BCUT2D eigenvalue weighted by Crippen LogP contribution is -2.27. The fraction of sp³-hybridized carbons (Fsp3) is 0.286. The lowest BCUT2D eigenvalue weighted by Gasteiger charge is -2.29. The number of benzene rings is 1. The molecule has 1 N–H and O–H groups in total. The Labute approximate surface area is 175 Å². The van der Waals surface area contributed by atoms with Crippen molar-refractivity contribution in [1.82, 2.24) is 24.1 Å². The number of nitrogens with zero attached hydrogens (tertiary/aromatic N) is 5. The summed E-state index contributed by atoms with van der Waals surface area (Å²) in [5, 5.41) is 9.57. The maximum Gasteiger partial charge on any atom is 0.358 e. The molecule has 1 aliphatic rings. The van der Waals surface area contributed by atoms with Gasteiger partial charge in [0.25, 0.3) is 5.56 Å². The van der Waals surface area contributed by atoms with Gasteiger partial charge in [-0.3, -0.25) is 9.36 Å². The molecule has 0 aliphatic heterocycles. The van der Waals surface area contributed by atoms with Crippen molar-refractivity contribution < 1.29 is 19.1 Å². The van der Waals surface area contributed by atoms with Crippen LogP contribution in [-0.2, 0) is 7.05 Å². The minimum Gasteiger partial charge on any atom is -0.489 e. The molecular formula is C21H19N5O5. The molecular weight excluding hydrogens is 402 g/mol. The number of fused-ring (bicyclic) bond motifs is 1. The Morgan fingerprint density at radius 1 is 1.26 bits per heavy atom. The molecule has 0 spiro atoms. The van der Waals surface area contributed by atoms with Crippen molar-refractivity contribution in [2.45, 2.75) is 25.3 Å². The largest absolute Gasteiger partial charge is 0.489 e. The highest BCUT2D eigenvalue weighted by molar-refractivity contribution is 5.89. The van der Waals surface area contributed by atoms with Gasteiger partial charge in [-0.15, -0.1) is 0 Å². The van der Waals surface area contributed by atoms with Crippen molar-refractivity contribution >= 4 is 17.0 Å². The van der Waals surface area contributed by atoms with Gasteiger partial charge >= 0.3 is 5.97 Å². The standard InChI is InChI=1S/C21H19N5O5/c1-25-17(24-15(21(28)29)16(30-2)20(25)27)18-23-13-7-6-11(19-22-8-9-31-19)10-14(13)26(18)12-4-3-5-12/h6-10,12H,3-5H2,1-2H3,(H,28,29). The van der Waals surface area contributed by atoms with Crippen molar-refractivity contribution in [3.8, 4) is 28.9 Å². The lowest BCUT2D eigenvalue weighted by atomic mass is 9.92. The number of carboxylic acids is 1. The highest BCUT2D eigenvalue weighted by Crippen LogP contribution is 2.39. The second kappa shape index (κ2) is 7.08. The molecule has 1 aliphatic carbocycles. The number of oxazole rings is 1. The summed E-state index contributed by atoms with van der Waals surface area (Å²) in [5.74, 6) is -0.546. The van der Waals surface area contributed by atoms with Crippen molar-refractivity contribution in [2.75, 3.05) is 7.11 Å². The molecule has 0 unspecified atom stereocenters. The molecule has 1 saturated carbocycles. The maximum absolute atomic E-state index is 12.8. The Morgan fingerprint density at radius 3 is 2.68 bits per heavy atom. The predicted molar refractivity (Wildman–Crippen MR) is 110 cm³/mol. The van der Waals surface area contributed by atoms with E-state index >= 15 is 0 Å². The van der Waals surface area contributed by atoms with Gasteiger partial charge in [0, 0.05) is 18.7 Å². The molecule has 158 valence electrons. The normalized spacial score (nSPS) is 14.0. The Balaban J connectivity index is 1.79. The van der Waals surface area contributed by atoms with Gasteiger partial charge in [0.05, 0.1) is 24.3 Å². The van der Waals surface area contributed by atoms with E-state index in [0.29, 0.717) is 17.2 Å². The number of methoxy groups -OCH3 is 1. The van der Waals surface area contributed by atoms with E-state index in [-0.39, 0.29) is 17.6 Å². The quantitative estimate of drug-likeness (QED) is 0.521. The predicted octanol–water partition coefficient (Wildman–Crippen LogP) is 2.88. The number of ether oxygens (including phenoxy) is 1. The summed E-state index contributed by atoms with van der Waals surface area (Å²) in [6.07, 6.45) is 6.09. The Hall–Kier alpha value is -3.95. The van der Waals surface area contributed by atoms with Crippen LogP contribution in [0.4, 0.5) is 0 Å². The minimum absolute atomic E-state index is 0.170. The van der Waals surface area contributed by atoms with Crippen LogP contribution in [0.2, 0.25) is 0 Å². The third kappa shape index (κ3) is 2.90. The number of carboxylic acid groups (broad SMARTS) is 1. The van der Waals surface area contributed by atoms with Crippen LogP contribution < -0.4 is 10.3 Å². The number of aromatic nitrogens is 5. The van der Waals surface area contributed by atoms with Gasteiger partial charge in [-0.25, -0.2) is 19.7 Å². The molecule has 1 fully saturated rings.